The van der Waals surface area contributed by atoms with Crippen LogP contribution in [0.3, 0.4) is 0 Å². The van der Waals surface area contributed by atoms with Gasteiger partial charge in [-0.1, -0.05) is 6.92 Å². The second-order valence-corrected chi connectivity index (χ2v) is 3.97. The van der Waals surface area contributed by atoms with Crippen LogP contribution in [-0.2, 0) is 4.74 Å². The Balaban J connectivity index is 2.41. The number of rotatable bonds is 5. The molecule has 0 amide bonds. The van der Waals surface area contributed by atoms with Crippen molar-refractivity contribution in [2.75, 3.05) is 46.5 Å². The Labute approximate surface area is 86.2 Å². The number of hydrogen-bond acceptors (Lipinski definition) is 4. The molecule has 1 aliphatic heterocycles. The van der Waals surface area contributed by atoms with E-state index in [4.69, 9.17) is 4.74 Å². The van der Waals surface area contributed by atoms with Crippen LogP contribution in [0.4, 0.5) is 0 Å². The highest BCUT2D eigenvalue weighted by atomic mass is 16.5. The fourth-order valence-corrected chi connectivity index (χ4v) is 2.04. The van der Waals surface area contributed by atoms with E-state index in [1.807, 2.05) is 0 Å². The largest absolute Gasteiger partial charge is 0.395 e. The molecule has 0 aromatic heterocycles. The van der Waals surface area contributed by atoms with Gasteiger partial charge in [-0.25, -0.2) is 0 Å². The Morgan fingerprint density at radius 1 is 1.43 bits per heavy atom. The molecule has 1 aliphatic rings. The van der Waals surface area contributed by atoms with Crippen LogP contribution in [0.2, 0.25) is 0 Å². The molecule has 2 atom stereocenters. The third-order valence-corrected chi connectivity index (χ3v) is 2.89. The summed E-state index contributed by atoms with van der Waals surface area (Å²) >= 11 is 0. The van der Waals surface area contributed by atoms with Gasteiger partial charge in [-0.05, 0) is 5.92 Å². The minimum Gasteiger partial charge on any atom is -0.395 e. The van der Waals surface area contributed by atoms with Gasteiger partial charge in [-0.3, -0.25) is 4.90 Å². The predicted molar refractivity (Wildman–Crippen MR) is 56.4 cm³/mol. The van der Waals surface area contributed by atoms with Crippen LogP contribution in [0.1, 0.15) is 6.92 Å². The van der Waals surface area contributed by atoms with Crippen molar-refractivity contribution in [3.63, 3.8) is 0 Å². The highest BCUT2D eigenvalue weighted by Gasteiger charge is 2.24. The number of piperazine rings is 1. The molecule has 1 rings (SSSR count). The molecule has 1 heterocycles. The number of methoxy groups -OCH3 is 1. The minimum absolute atomic E-state index is 0.227. The van der Waals surface area contributed by atoms with Gasteiger partial charge in [0.2, 0.25) is 0 Å². The van der Waals surface area contributed by atoms with Gasteiger partial charge in [0.25, 0.3) is 0 Å². The number of aliphatic hydroxyl groups excluding tert-OH is 1. The number of nitrogens with zero attached hydrogens (tertiary/aromatic N) is 1. The Morgan fingerprint density at radius 3 is 2.57 bits per heavy atom. The van der Waals surface area contributed by atoms with Crippen LogP contribution in [0.25, 0.3) is 0 Å². The van der Waals surface area contributed by atoms with Crippen LogP contribution in [0.15, 0.2) is 0 Å². The van der Waals surface area contributed by atoms with Crippen LogP contribution >= 0.6 is 0 Å². The first-order valence-electron chi connectivity index (χ1n) is 5.34. The first kappa shape index (κ1) is 11.9. The molecule has 2 N–H and O–H groups in total. The zero-order valence-corrected chi connectivity index (χ0v) is 9.20. The van der Waals surface area contributed by atoms with Crippen molar-refractivity contribution in [3.8, 4) is 0 Å². The van der Waals surface area contributed by atoms with E-state index < -0.39 is 0 Å². The van der Waals surface area contributed by atoms with Crippen molar-refractivity contribution in [2.24, 2.45) is 5.92 Å². The maximum Gasteiger partial charge on any atom is 0.0590 e. The molecule has 84 valence electrons. The van der Waals surface area contributed by atoms with Crippen LogP contribution < -0.4 is 5.32 Å². The van der Waals surface area contributed by atoms with Gasteiger partial charge < -0.3 is 15.2 Å². The Bertz CT molecular complexity index is 149. The molecule has 2 unspecified atom stereocenters. The topological polar surface area (TPSA) is 44.7 Å². The smallest absolute Gasteiger partial charge is 0.0590 e. The highest BCUT2D eigenvalue weighted by Crippen LogP contribution is 2.11. The highest BCUT2D eigenvalue weighted by molar-refractivity contribution is 4.79. The standard InChI is InChI=1S/C10H22N2O2/c1-9(8-14-2)10(7-13)12-5-3-11-4-6-12/h9-11,13H,3-8H2,1-2H3. The molecule has 4 nitrogen and oxygen atoms in total. The van der Waals surface area contributed by atoms with Crippen LogP contribution in [0.5, 0.6) is 0 Å². The van der Waals surface area contributed by atoms with Crippen molar-refractivity contribution in [2.45, 2.75) is 13.0 Å². The third-order valence-electron chi connectivity index (χ3n) is 2.89. The summed E-state index contributed by atoms with van der Waals surface area (Å²) in [4.78, 5) is 2.35. The number of aliphatic hydroxyl groups is 1. The van der Waals surface area contributed by atoms with E-state index in [2.05, 4.69) is 17.1 Å². The van der Waals surface area contributed by atoms with Gasteiger partial charge >= 0.3 is 0 Å². The van der Waals surface area contributed by atoms with Crippen LogP contribution in [-0.4, -0.2) is 62.6 Å². The van der Waals surface area contributed by atoms with Crippen LogP contribution in [0, 0.1) is 5.92 Å². The summed E-state index contributed by atoms with van der Waals surface area (Å²) in [6.45, 7) is 7.18. The van der Waals surface area contributed by atoms with Crippen molar-refractivity contribution in [1.29, 1.82) is 0 Å². The molecule has 0 saturated carbocycles. The molecule has 14 heavy (non-hydrogen) atoms. The van der Waals surface area contributed by atoms with Crippen molar-refractivity contribution in [1.82, 2.24) is 10.2 Å². The number of ether oxygens (including phenoxy) is 1. The summed E-state index contributed by atoms with van der Waals surface area (Å²) in [5, 5.41) is 12.7. The first-order valence-corrected chi connectivity index (χ1v) is 5.34. The maximum atomic E-state index is 9.36. The SMILES string of the molecule is COCC(C)C(CO)N1CCNCC1. The van der Waals surface area contributed by atoms with Crippen molar-refractivity contribution < 1.29 is 9.84 Å². The van der Waals surface area contributed by atoms with E-state index in [1.54, 1.807) is 7.11 Å². The van der Waals surface area contributed by atoms with Crippen molar-refractivity contribution >= 4 is 0 Å². The molecule has 0 aromatic rings. The van der Waals surface area contributed by atoms with E-state index in [9.17, 15) is 5.11 Å². The zero-order chi connectivity index (χ0) is 10.4. The van der Waals surface area contributed by atoms with Gasteiger partial charge in [-0.15, -0.1) is 0 Å². The number of nitrogens with one attached hydrogen (secondary N) is 1. The summed E-state index contributed by atoms with van der Waals surface area (Å²) in [6, 6.07) is 0.247. The van der Waals surface area contributed by atoms with E-state index in [0.717, 1.165) is 32.8 Å². The molecule has 0 aromatic carbocycles. The lowest BCUT2D eigenvalue weighted by Crippen LogP contribution is -2.52. The third kappa shape index (κ3) is 3.20. The summed E-state index contributed by atoms with van der Waals surface area (Å²) in [7, 11) is 1.71. The molecule has 1 saturated heterocycles. The molecule has 0 spiro atoms. The monoisotopic (exact) mass is 202 g/mol. The molecule has 0 bridgehead atoms. The average molecular weight is 202 g/mol. The molecule has 0 radical (unpaired) electrons. The average Bonchev–Trinajstić information content (AvgIpc) is 2.21. The lowest BCUT2D eigenvalue weighted by molar-refractivity contribution is 0.0402. The second kappa shape index (κ2) is 6.35. The molecule has 1 fully saturated rings. The van der Waals surface area contributed by atoms with Gasteiger partial charge in [0.15, 0.2) is 0 Å². The predicted octanol–water partition coefficient (Wildman–Crippen LogP) is -0.465. The lowest BCUT2D eigenvalue weighted by atomic mass is 10.0. The minimum atomic E-state index is 0.227. The molecular formula is C10H22N2O2. The zero-order valence-electron chi connectivity index (χ0n) is 9.20. The lowest BCUT2D eigenvalue weighted by Gasteiger charge is -2.37. The summed E-state index contributed by atoms with van der Waals surface area (Å²) in [5.74, 6) is 0.392. The van der Waals surface area contributed by atoms with Gasteiger partial charge in [-0.2, -0.15) is 0 Å². The van der Waals surface area contributed by atoms with Gasteiger partial charge in [0.05, 0.1) is 13.2 Å². The maximum absolute atomic E-state index is 9.36. The van der Waals surface area contributed by atoms with E-state index in [1.165, 1.54) is 0 Å². The Morgan fingerprint density at radius 2 is 2.07 bits per heavy atom. The second-order valence-electron chi connectivity index (χ2n) is 3.97. The van der Waals surface area contributed by atoms with Gasteiger partial charge in [0, 0.05) is 39.3 Å². The molecule has 0 aliphatic carbocycles. The van der Waals surface area contributed by atoms with Crippen molar-refractivity contribution in [3.05, 3.63) is 0 Å². The van der Waals surface area contributed by atoms with E-state index >= 15 is 0 Å². The van der Waals surface area contributed by atoms with E-state index in [0.29, 0.717) is 5.92 Å². The Kier molecular flexibility index (Phi) is 5.40. The summed E-state index contributed by atoms with van der Waals surface area (Å²) in [5.41, 5.74) is 0. The normalized spacial score (nSPS) is 23.4. The fraction of sp³-hybridized carbons (Fsp3) is 1.00. The first-order chi connectivity index (χ1) is 6.79. The fourth-order valence-electron chi connectivity index (χ4n) is 2.04. The molecular weight excluding hydrogens is 180 g/mol. The molecule has 4 heteroatoms. The quantitative estimate of drug-likeness (QED) is 0.633. The van der Waals surface area contributed by atoms with Gasteiger partial charge in [0.1, 0.15) is 0 Å². The summed E-state index contributed by atoms with van der Waals surface area (Å²) in [6.07, 6.45) is 0. The van der Waals surface area contributed by atoms with E-state index in [-0.39, 0.29) is 12.6 Å². The Hall–Kier alpha value is -0.160. The number of hydrogen-bond donors (Lipinski definition) is 2. The summed E-state index contributed by atoms with van der Waals surface area (Å²) < 4.78 is 5.12.